The summed E-state index contributed by atoms with van der Waals surface area (Å²) in [5.74, 6) is 0.744. The maximum atomic E-state index is 12.5. The number of hydrogen-bond donors (Lipinski definition) is 0. The lowest BCUT2D eigenvalue weighted by molar-refractivity contribution is -0.214. The summed E-state index contributed by atoms with van der Waals surface area (Å²) in [5, 5.41) is 0. The number of anilines is 1. The number of nitrogens with zero attached hydrogens (tertiary/aromatic N) is 1. The van der Waals surface area contributed by atoms with Crippen molar-refractivity contribution in [3.63, 3.8) is 0 Å². The summed E-state index contributed by atoms with van der Waals surface area (Å²) >= 11 is 0. The number of rotatable bonds is 5. The van der Waals surface area contributed by atoms with Gasteiger partial charge in [0.25, 0.3) is 0 Å². The lowest BCUT2D eigenvalue weighted by Crippen LogP contribution is -2.48. The highest BCUT2D eigenvalue weighted by Gasteiger charge is 2.49. The predicted octanol–water partition coefficient (Wildman–Crippen LogP) is 3.35. The third kappa shape index (κ3) is 3.25. The lowest BCUT2D eigenvalue weighted by atomic mass is 10.0. The molecule has 2 saturated heterocycles. The number of ether oxygens (including phenoxy) is 4. The van der Waals surface area contributed by atoms with Crippen LogP contribution in [0, 0.1) is 0 Å². The van der Waals surface area contributed by atoms with Gasteiger partial charge in [-0.1, -0.05) is 30.3 Å². The van der Waals surface area contributed by atoms with Crippen LogP contribution in [0.5, 0.6) is 5.75 Å². The highest BCUT2D eigenvalue weighted by atomic mass is 16.7. The summed E-state index contributed by atoms with van der Waals surface area (Å²) < 4.78 is 22.4. The van der Waals surface area contributed by atoms with Crippen molar-refractivity contribution >= 4 is 11.8 Å². The second-order valence-electron chi connectivity index (χ2n) is 6.31. The molecule has 1 amide bonds. The van der Waals surface area contributed by atoms with E-state index in [1.54, 1.807) is 12.0 Å². The molecule has 0 unspecified atom stereocenters. The number of amides is 1. The fraction of sp³-hybridized carbons (Fsp3) is 0.350. The van der Waals surface area contributed by atoms with Gasteiger partial charge in [0.05, 0.1) is 26.4 Å². The van der Waals surface area contributed by atoms with Crippen LogP contribution in [0.2, 0.25) is 0 Å². The van der Waals surface area contributed by atoms with E-state index in [1.165, 1.54) is 0 Å². The zero-order chi connectivity index (χ0) is 17.9. The van der Waals surface area contributed by atoms with E-state index in [9.17, 15) is 4.79 Å². The topological polar surface area (TPSA) is 57.2 Å². The SMILES string of the molecule is COc1ccc(N2C(=O)O[C@H]3[C@@H](OCc4ccccc4)OCC[C@H]32)cc1. The van der Waals surface area contributed by atoms with E-state index in [0.717, 1.165) is 17.0 Å². The predicted molar refractivity (Wildman–Crippen MR) is 95.1 cm³/mol. The minimum atomic E-state index is -0.568. The number of methoxy groups -OCH3 is 1. The molecule has 2 aromatic carbocycles. The van der Waals surface area contributed by atoms with Crippen LogP contribution in [-0.4, -0.2) is 38.2 Å². The molecule has 2 fully saturated rings. The maximum Gasteiger partial charge on any atom is 0.415 e. The molecule has 0 aliphatic carbocycles. The number of benzene rings is 2. The summed E-state index contributed by atoms with van der Waals surface area (Å²) in [7, 11) is 1.61. The smallest absolute Gasteiger partial charge is 0.415 e. The van der Waals surface area contributed by atoms with Gasteiger partial charge in [-0.15, -0.1) is 0 Å². The molecule has 0 radical (unpaired) electrons. The molecule has 2 aliphatic heterocycles. The second kappa shape index (κ2) is 7.35. The van der Waals surface area contributed by atoms with Gasteiger partial charge in [0.1, 0.15) is 5.75 Å². The molecule has 136 valence electrons. The van der Waals surface area contributed by atoms with Crippen molar-refractivity contribution in [2.24, 2.45) is 0 Å². The van der Waals surface area contributed by atoms with Crippen molar-refractivity contribution < 1.29 is 23.7 Å². The zero-order valence-corrected chi connectivity index (χ0v) is 14.5. The molecule has 0 N–H and O–H groups in total. The summed E-state index contributed by atoms with van der Waals surface area (Å²) in [6, 6.07) is 17.1. The van der Waals surface area contributed by atoms with Crippen molar-refractivity contribution in [1.82, 2.24) is 0 Å². The van der Waals surface area contributed by atoms with Crippen LogP contribution in [0.15, 0.2) is 54.6 Å². The van der Waals surface area contributed by atoms with Gasteiger partial charge < -0.3 is 18.9 Å². The lowest BCUT2D eigenvalue weighted by Gasteiger charge is -2.33. The standard InChI is InChI=1S/C20H21NO5/c1-23-16-9-7-15(8-10-16)21-17-11-12-24-19(18(17)26-20(21)22)25-13-14-5-3-2-4-6-14/h2-10,17-19H,11-13H2,1H3/t17-,18-,19-/m1/s1. The molecule has 2 aromatic rings. The molecule has 26 heavy (non-hydrogen) atoms. The van der Waals surface area contributed by atoms with Crippen LogP contribution >= 0.6 is 0 Å². The molecule has 2 aliphatic rings. The first-order chi connectivity index (χ1) is 12.8. The Hall–Kier alpha value is -2.57. The number of fused-ring (bicyclic) bond motifs is 1. The van der Waals surface area contributed by atoms with Crippen LogP contribution < -0.4 is 9.64 Å². The molecule has 4 rings (SSSR count). The third-order valence-electron chi connectivity index (χ3n) is 4.72. The van der Waals surface area contributed by atoms with E-state index < -0.39 is 12.4 Å². The van der Waals surface area contributed by atoms with Gasteiger partial charge in [-0.3, -0.25) is 4.90 Å². The normalized spacial score (nSPS) is 24.9. The van der Waals surface area contributed by atoms with Crippen LogP contribution in [0.1, 0.15) is 12.0 Å². The van der Waals surface area contributed by atoms with Crippen LogP contribution in [-0.2, 0) is 20.8 Å². The Balaban J connectivity index is 1.48. The van der Waals surface area contributed by atoms with Gasteiger partial charge in [0.2, 0.25) is 0 Å². The highest BCUT2D eigenvalue weighted by molar-refractivity contribution is 5.90. The summed E-state index contributed by atoms with van der Waals surface area (Å²) in [5.41, 5.74) is 1.83. The Labute approximate surface area is 152 Å². The summed E-state index contributed by atoms with van der Waals surface area (Å²) in [6.45, 7) is 0.929. The minimum Gasteiger partial charge on any atom is -0.497 e. The molecular formula is C20H21NO5. The van der Waals surface area contributed by atoms with Gasteiger partial charge >= 0.3 is 6.09 Å². The molecule has 3 atom stereocenters. The Bertz CT molecular complexity index is 749. The highest BCUT2D eigenvalue weighted by Crippen LogP contribution is 2.35. The fourth-order valence-electron chi connectivity index (χ4n) is 3.40. The molecular weight excluding hydrogens is 334 g/mol. The minimum absolute atomic E-state index is 0.106. The van der Waals surface area contributed by atoms with Crippen molar-refractivity contribution in [1.29, 1.82) is 0 Å². The summed E-state index contributed by atoms with van der Waals surface area (Å²) in [4.78, 5) is 14.2. The molecule has 0 bridgehead atoms. The van der Waals surface area contributed by atoms with E-state index in [2.05, 4.69) is 0 Å². The van der Waals surface area contributed by atoms with E-state index in [1.807, 2.05) is 54.6 Å². The van der Waals surface area contributed by atoms with Crippen molar-refractivity contribution in [2.75, 3.05) is 18.6 Å². The van der Waals surface area contributed by atoms with E-state index in [0.29, 0.717) is 19.6 Å². The molecule has 0 saturated carbocycles. The monoisotopic (exact) mass is 355 g/mol. The Morgan fingerprint density at radius 1 is 1.12 bits per heavy atom. The Kier molecular flexibility index (Phi) is 4.77. The van der Waals surface area contributed by atoms with Gasteiger partial charge in [-0.2, -0.15) is 0 Å². The molecule has 6 heteroatoms. The van der Waals surface area contributed by atoms with Crippen molar-refractivity contribution in [3.05, 3.63) is 60.2 Å². The summed E-state index contributed by atoms with van der Waals surface area (Å²) in [6.07, 6.45) is -0.680. The molecule has 0 spiro atoms. The largest absolute Gasteiger partial charge is 0.497 e. The Morgan fingerprint density at radius 2 is 1.88 bits per heavy atom. The maximum absolute atomic E-state index is 12.5. The van der Waals surface area contributed by atoms with Crippen molar-refractivity contribution in [2.45, 2.75) is 31.5 Å². The van der Waals surface area contributed by atoms with E-state index in [4.69, 9.17) is 18.9 Å². The van der Waals surface area contributed by atoms with Crippen LogP contribution in [0.25, 0.3) is 0 Å². The number of carbonyl (C=O) groups excluding carboxylic acids is 1. The van der Waals surface area contributed by atoms with Gasteiger partial charge in [-0.05, 0) is 36.2 Å². The first-order valence-corrected chi connectivity index (χ1v) is 8.67. The third-order valence-corrected chi connectivity index (χ3v) is 4.72. The molecule has 0 aromatic heterocycles. The molecule has 2 heterocycles. The Morgan fingerprint density at radius 3 is 2.62 bits per heavy atom. The average Bonchev–Trinajstić information content (AvgIpc) is 3.03. The van der Waals surface area contributed by atoms with Crippen LogP contribution in [0.3, 0.4) is 0 Å². The van der Waals surface area contributed by atoms with E-state index >= 15 is 0 Å². The first kappa shape index (κ1) is 16.9. The number of carbonyl (C=O) groups is 1. The van der Waals surface area contributed by atoms with Gasteiger partial charge in [0.15, 0.2) is 12.4 Å². The van der Waals surface area contributed by atoms with E-state index in [-0.39, 0.29) is 12.1 Å². The average molecular weight is 355 g/mol. The molecule has 6 nitrogen and oxygen atoms in total. The fourth-order valence-corrected chi connectivity index (χ4v) is 3.40. The second-order valence-corrected chi connectivity index (χ2v) is 6.31. The quantitative estimate of drug-likeness (QED) is 0.823. The first-order valence-electron chi connectivity index (χ1n) is 8.67. The van der Waals surface area contributed by atoms with Crippen LogP contribution in [0.4, 0.5) is 10.5 Å². The van der Waals surface area contributed by atoms with Gasteiger partial charge in [0, 0.05) is 5.69 Å². The van der Waals surface area contributed by atoms with Gasteiger partial charge in [-0.25, -0.2) is 4.79 Å². The van der Waals surface area contributed by atoms with Crippen molar-refractivity contribution in [3.8, 4) is 5.75 Å². The zero-order valence-electron chi connectivity index (χ0n) is 14.5. The number of hydrogen-bond acceptors (Lipinski definition) is 5.